The number of hydrogen-bond donors (Lipinski definition) is 2. The lowest BCUT2D eigenvalue weighted by molar-refractivity contribution is -0.131. The zero-order valence-corrected chi connectivity index (χ0v) is 12.7. The van der Waals surface area contributed by atoms with Crippen molar-refractivity contribution in [2.75, 3.05) is 19.6 Å². The van der Waals surface area contributed by atoms with Crippen LogP contribution in [0.2, 0.25) is 0 Å². The van der Waals surface area contributed by atoms with Gasteiger partial charge in [-0.2, -0.15) is 0 Å². The molecule has 1 rings (SSSR count). The summed E-state index contributed by atoms with van der Waals surface area (Å²) in [6.45, 7) is 10.7. The zero-order chi connectivity index (χ0) is 14.4. The van der Waals surface area contributed by atoms with Gasteiger partial charge in [0.2, 0.25) is 5.91 Å². The molecule has 19 heavy (non-hydrogen) atoms. The third kappa shape index (κ3) is 5.09. The topological polar surface area (TPSA) is 67.6 Å². The van der Waals surface area contributed by atoms with Crippen molar-refractivity contribution in [2.45, 2.75) is 64.8 Å². The number of amides is 1. The molecule has 1 heterocycles. The van der Waals surface area contributed by atoms with Crippen LogP contribution in [0.1, 0.15) is 40.5 Å². The van der Waals surface area contributed by atoms with E-state index in [0.717, 1.165) is 19.4 Å². The van der Waals surface area contributed by atoms with Crippen LogP contribution in [0.4, 0.5) is 0 Å². The molecule has 0 aliphatic carbocycles. The Kier molecular flexibility index (Phi) is 6.75. The van der Waals surface area contributed by atoms with Crippen LogP contribution in [0.25, 0.3) is 0 Å². The molecule has 2 atom stereocenters. The van der Waals surface area contributed by atoms with Gasteiger partial charge in [-0.1, -0.05) is 0 Å². The molecule has 1 amide bonds. The first-order valence-electron chi connectivity index (χ1n) is 7.34. The third-order valence-electron chi connectivity index (χ3n) is 3.66. The van der Waals surface area contributed by atoms with Gasteiger partial charge in [0, 0.05) is 31.7 Å². The Morgan fingerprint density at radius 3 is 2.42 bits per heavy atom. The van der Waals surface area contributed by atoms with E-state index in [2.05, 4.69) is 37.9 Å². The fraction of sp³-hybridized carbons (Fsp3) is 0.929. The van der Waals surface area contributed by atoms with Crippen molar-refractivity contribution in [3.8, 4) is 0 Å². The van der Waals surface area contributed by atoms with E-state index in [9.17, 15) is 4.79 Å². The molecule has 0 unspecified atom stereocenters. The van der Waals surface area contributed by atoms with E-state index in [1.54, 1.807) is 0 Å². The van der Waals surface area contributed by atoms with Crippen LogP contribution in [-0.2, 0) is 9.53 Å². The molecule has 0 radical (unpaired) electrons. The zero-order valence-electron chi connectivity index (χ0n) is 12.7. The number of hydrogen-bond acceptors (Lipinski definition) is 4. The predicted molar refractivity (Wildman–Crippen MR) is 76.9 cm³/mol. The summed E-state index contributed by atoms with van der Waals surface area (Å²) in [4.78, 5) is 14.3. The van der Waals surface area contributed by atoms with Crippen molar-refractivity contribution in [3.63, 3.8) is 0 Å². The number of carbonyl (C=O) groups is 1. The van der Waals surface area contributed by atoms with Gasteiger partial charge in [0.15, 0.2) is 0 Å². The second-order valence-corrected chi connectivity index (χ2v) is 5.78. The van der Waals surface area contributed by atoms with Crippen molar-refractivity contribution < 1.29 is 9.53 Å². The quantitative estimate of drug-likeness (QED) is 0.716. The summed E-state index contributed by atoms with van der Waals surface area (Å²) in [6.07, 6.45) is 1.42. The monoisotopic (exact) mass is 271 g/mol. The normalized spacial score (nSPS) is 23.6. The first-order valence-corrected chi connectivity index (χ1v) is 7.34. The van der Waals surface area contributed by atoms with Gasteiger partial charge >= 0.3 is 0 Å². The second kappa shape index (κ2) is 7.82. The molecule has 0 aromatic carbocycles. The van der Waals surface area contributed by atoms with Gasteiger partial charge in [-0.3, -0.25) is 9.69 Å². The standard InChI is InChI=1S/C14H29N3O2/c1-10(2)17(11(3)4)8-7-16-14(18)13-6-5-12(9-15)19-13/h10-13H,5-9,15H2,1-4H3,(H,16,18)/t12-,13+/m1/s1. The van der Waals surface area contributed by atoms with Crippen LogP contribution in [0, 0.1) is 0 Å². The number of ether oxygens (including phenoxy) is 1. The Bertz CT molecular complexity index is 274. The molecule has 0 aromatic heterocycles. The summed E-state index contributed by atoms with van der Waals surface area (Å²) in [5.41, 5.74) is 5.54. The predicted octanol–water partition coefficient (Wildman–Crippen LogP) is 0.728. The molecular weight excluding hydrogens is 242 g/mol. The molecule has 5 heteroatoms. The number of nitrogens with one attached hydrogen (secondary N) is 1. The number of nitrogens with zero attached hydrogens (tertiary/aromatic N) is 1. The highest BCUT2D eigenvalue weighted by molar-refractivity contribution is 5.81. The summed E-state index contributed by atoms with van der Waals surface area (Å²) >= 11 is 0. The highest BCUT2D eigenvalue weighted by atomic mass is 16.5. The first kappa shape index (κ1) is 16.4. The summed E-state index contributed by atoms with van der Waals surface area (Å²) in [7, 11) is 0. The average Bonchev–Trinajstić information content (AvgIpc) is 2.82. The van der Waals surface area contributed by atoms with Crippen LogP contribution < -0.4 is 11.1 Å². The highest BCUT2D eigenvalue weighted by Crippen LogP contribution is 2.18. The molecule has 0 spiro atoms. The lowest BCUT2D eigenvalue weighted by Gasteiger charge is -2.30. The van der Waals surface area contributed by atoms with Gasteiger partial charge in [-0.25, -0.2) is 0 Å². The van der Waals surface area contributed by atoms with E-state index in [4.69, 9.17) is 10.5 Å². The van der Waals surface area contributed by atoms with Crippen LogP contribution in [0.15, 0.2) is 0 Å². The average molecular weight is 271 g/mol. The summed E-state index contributed by atoms with van der Waals surface area (Å²) in [5.74, 6) is 0.00316. The van der Waals surface area contributed by atoms with Crippen molar-refractivity contribution in [1.29, 1.82) is 0 Å². The van der Waals surface area contributed by atoms with Gasteiger partial charge < -0.3 is 15.8 Å². The fourth-order valence-corrected chi connectivity index (χ4v) is 2.61. The number of rotatable bonds is 7. The number of carbonyl (C=O) groups excluding carboxylic acids is 1. The summed E-state index contributed by atoms with van der Waals surface area (Å²) in [5, 5.41) is 2.96. The molecular formula is C14H29N3O2. The van der Waals surface area contributed by atoms with E-state index < -0.39 is 0 Å². The third-order valence-corrected chi connectivity index (χ3v) is 3.66. The van der Waals surface area contributed by atoms with E-state index in [-0.39, 0.29) is 18.1 Å². The van der Waals surface area contributed by atoms with E-state index >= 15 is 0 Å². The lowest BCUT2D eigenvalue weighted by Crippen LogP contribution is -2.44. The minimum Gasteiger partial charge on any atom is -0.364 e. The lowest BCUT2D eigenvalue weighted by atomic mass is 10.2. The van der Waals surface area contributed by atoms with Gasteiger partial charge in [0.25, 0.3) is 0 Å². The van der Waals surface area contributed by atoms with Gasteiger partial charge in [-0.05, 0) is 40.5 Å². The summed E-state index contributed by atoms with van der Waals surface area (Å²) in [6, 6.07) is 0.975. The van der Waals surface area contributed by atoms with Gasteiger partial charge in [0.05, 0.1) is 6.10 Å². The molecule has 0 bridgehead atoms. The molecule has 5 nitrogen and oxygen atoms in total. The Hall–Kier alpha value is -0.650. The molecule has 1 aliphatic rings. The molecule has 0 aromatic rings. The summed E-state index contributed by atoms with van der Waals surface area (Å²) < 4.78 is 5.57. The minimum atomic E-state index is -0.305. The highest BCUT2D eigenvalue weighted by Gasteiger charge is 2.29. The van der Waals surface area contributed by atoms with Crippen molar-refractivity contribution in [1.82, 2.24) is 10.2 Å². The maximum absolute atomic E-state index is 11.9. The van der Waals surface area contributed by atoms with Crippen molar-refractivity contribution in [2.24, 2.45) is 5.73 Å². The van der Waals surface area contributed by atoms with Crippen LogP contribution in [0.5, 0.6) is 0 Å². The van der Waals surface area contributed by atoms with Gasteiger partial charge in [-0.15, -0.1) is 0 Å². The van der Waals surface area contributed by atoms with E-state index in [1.165, 1.54) is 0 Å². The molecule has 0 saturated carbocycles. The SMILES string of the molecule is CC(C)N(CCNC(=O)[C@@H]1CC[C@H](CN)O1)C(C)C. The Labute approximate surface area is 116 Å². The van der Waals surface area contributed by atoms with Gasteiger partial charge in [0.1, 0.15) is 6.10 Å². The minimum absolute atomic E-state index is 0.00316. The maximum atomic E-state index is 11.9. The van der Waals surface area contributed by atoms with Crippen LogP contribution >= 0.6 is 0 Å². The second-order valence-electron chi connectivity index (χ2n) is 5.78. The fourth-order valence-electron chi connectivity index (χ4n) is 2.61. The number of nitrogens with two attached hydrogens (primary N) is 1. The molecule has 112 valence electrons. The Morgan fingerprint density at radius 2 is 1.95 bits per heavy atom. The molecule has 1 aliphatic heterocycles. The van der Waals surface area contributed by atoms with Crippen molar-refractivity contribution in [3.05, 3.63) is 0 Å². The van der Waals surface area contributed by atoms with E-state index in [0.29, 0.717) is 25.2 Å². The van der Waals surface area contributed by atoms with Crippen LogP contribution in [-0.4, -0.2) is 54.7 Å². The maximum Gasteiger partial charge on any atom is 0.249 e. The Morgan fingerprint density at radius 1 is 1.32 bits per heavy atom. The largest absolute Gasteiger partial charge is 0.364 e. The Balaban J connectivity index is 2.27. The van der Waals surface area contributed by atoms with E-state index in [1.807, 2.05) is 0 Å². The first-order chi connectivity index (χ1) is 8.95. The molecule has 1 saturated heterocycles. The molecule has 3 N–H and O–H groups in total. The van der Waals surface area contributed by atoms with Crippen molar-refractivity contribution >= 4 is 5.91 Å². The van der Waals surface area contributed by atoms with Crippen LogP contribution in [0.3, 0.4) is 0 Å². The molecule has 1 fully saturated rings. The smallest absolute Gasteiger partial charge is 0.249 e.